The highest BCUT2D eigenvalue weighted by Gasteiger charge is 2.36. The van der Waals surface area contributed by atoms with Gasteiger partial charge in [-0.25, -0.2) is 9.18 Å². The monoisotopic (exact) mass is 118 g/mol. The molecule has 1 N–H and O–H groups in total. The van der Waals surface area contributed by atoms with Crippen LogP contribution in [0.5, 0.6) is 0 Å². The van der Waals surface area contributed by atoms with Gasteiger partial charge >= 0.3 is 5.97 Å². The molecule has 46 valence electrons. The van der Waals surface area contributed by atoms with E-state index in [2.05, 4.69) is 0 Å². The molecule has 0 saturated heterocycles. The second kappa shape index (κ2) is 1.73. The molecule has 0 aromatic rings. The largest absolute Gasteiger partial charge is 0.479 e. The number of hydrogen-bond acceptors (Lipinski definition) is 1. The lowest BCUT2D eigenvalue weighted by Crippen LogP contribution is -2.15. The lowest BCUT2D eigenvalue weighted by molar-refractivity contribution is -0.143. The first kappa shape index (κ1) is 5.54. The van der Waals surface area contributed by atoms with Crippen LogP contribution < -0.4 is 0 Å². The number of aliphatic carboxylic acids is 1. The fraction of sp³-hybridized carbons (Fsp3) is 0.800. The number of carboxylic acid groups (broad SMARTS) is 1. The maximum atomic E-state index is 12.1. The molecule has 1 aliphatic rings. The van der Waals surface area contributed by atoms with E-state index in [1.54, 1.807) is 0 Å². The standard InChI is InChI=1S/C5H7FO2/c6-4(5(7)8)3-1-2-3/h3-4H,1-2H2,(H,7,8)/t4-/m1/s1. The van der Waals surface area contributed by atoms with Crippen molar-refractivity contribution in [2.75, 3.05) is 0 Å². The maximum Gasteiger partial charge on any atom is 0.338 e. The highest BCUT2D eigenvalue weighted by atomic mass is 19.1. The number of alkyl halides is 1. The first-order valence-corrected chi connectivity index (χ1v) is 2.58. The molecule has 0 aliphatic heterocycles. The lowest BCUT2D eigenvalue weighted by Gasteiger charge is -1.94. The van der Waals surface area contributed by atoms with E-state index in [9.17, 15) is 9.18 Å². The van der Waals surface area contributed by atoms with Crippen LogP contribution >= 0.6 is 0 Å². The van der Waals surface area contributed by atoms with Gasteiger partial charge in [-0.05, 0) is 12.8 Å². The molecule has 0 heterocycles. The quantitative estimate of drug-likeness (QED) is 0.582. The van der Waals surface area contributed by atoms with E-state index >= 15 is 0 Å². The fourth-order valence-corrected chi connectivity index (χ4v) is 0.591. The fourth-order valence-electron chi connectivity index (χ4n) is 0.591. The Balaban J connectivity index is 2.32. The summed E-state index contributed by atoms with van der Waals surface area (Å²) in [5.74, 6) is -1.49. The Labute approximate surface area is 46.3 Å². The van der Waals surface area contributed by atoms with Crippen LogP contribution in [0.1, 0.15) is 12.8 Å². The van der Waals surface area contributed by atoms with Gasteiger partial charge in [-0.1, -0.05) is 0 Å². The van der Waals surface area contributed by atoms with Crippen LogP contribution in [0.15, 0.2) is 0 Å². The summed E-state index contributed by atoms with van der Waals surface area (Å²) >= 11 is 0. The summed E-state index contributed by atoms with van der Waals surface area (Å²) in [6.45, 7) is 0. The van der Waals surface area contributed by atoms with Gasteiger partial charge in [-0.2, -0.15) is 0 Å². The number of carbonyl (C=O) groups is 1. The molecule has 0 radical (unpaired) electrons. The Morgan fingerprint density at radius 2 is 2.25 bits per heavy atom. The molecule has 0 amide bonds. The smallest absolute Gasteiger partial charge is 0.338 e. The van der Waals surface area contributed by atoms with Gasteiger partial charge in [0.25, 0.3) is 0 Å². The van der Waals surface area contributed by atoms with Crippen molar-refractivity contribution in [1.82, 2.24) is 0 Å². The molecule has 1 atom stereocenters. The van der Waals surface area contributed by atoms with Gasteiger partial charge in [0.2, 0.25) is 0 Å². The zero-order valence-electron chi connectivity index (χ0n) is 4.30. The van der Waals surface area contributed by atoms with Crippen LogP contribution in [-0.2, 0) is 4.79 Å². The summed E-state index contributed by atoms with van der Waals surface area (Å²) in [7, 11) is 0. The van der Waals surface area contributed by atoms with Crippen LogP contribution in [0, 0.1) is 5.92 Å². The van der Waals surface area contributed by atoms with Gasteiger partial charge in [0, 0.05) is 5.92 Å². The first-order valence-electron chi connectivity index (χ1n) is 2.58. The average molecular weight is 118 g/mol. The van der Waals surface area contributed by atoms with Crippen molar-refractivity contribution in [1.29, 1.82) is 0 Å². The second-order valence-corrected chi connectivity index (χ2v) is 2.08. The molecule has 1 fully saturated rings. The Morgan fingerprint density at radius 3 is 2.38 bits per heavy atom. The first-order chi connectivity index (χ1) is 3.72. The van der Waals surface area contributed by atoms with Gasteiger partial charge in [-0.3, -0.25) is 0 Å². The van der Waals surface area contributed by atoms with Crippen molar-refractivity contribution in [3.8, 4) is 0 Å². The van der Waals surface area contributed by atoms with Crippen LogP contribution in [0.25, 0.3) is 0 Å². The predicted molar refractivity (Wildman–Crippen MR) is 25.3 cm³/mol. The van der Waals surface area contributed by atoms with Gasteiger partial charge in [0.15, 0.2) is 6.17 Å². The minimum atomic E-state index is -1.60. The number of carboxylic acids is 1. The van der Waals surface area contributed by atoms with E-state index < -0.39 is 12.1 Å². The third-order valence-corrected chi connectivity index (χ3v) is 1.27. The second-order valence-electron chi connectivity index (χ2n) is 2.08. The topological polar surface area (TPSA) is 37.3 Å². The predicted octanol–water partition coefficient (Wildman–Crippen LogP) is 0.819. The van der Waals surface area contributed by atoms with Crippen LogP contribution in [-0.4, -0.2) is 17.2 Å². The summed E-state index contributed by atoms with van der Waals surface area (Å²) < 4.78 is 12.1. The van der Waals surface area contributed by atoms with Crippen molar-refractivity contribution in [2.24, 2.45) is 5.92 Å². The van der Waals surface area contributed by atoms with Crippen LogP contribution in [0.3, 0.4) is 0 Å². The van der Waals surface area contributed by atoms with Crippen molar-refractivity contribution < 1.29 is 14.3 Å². The van der Waals surface area contributed by atoms with E-state index in [1.165, 1.54) is 0 Å². The molecule has 0 bridgehead atoms. The Morgan fingerprint density at radius 1 is 1.75 bits per heavy atom. The van der Waals surface area contributed by atoms with Crippen LogP contribution in [0.2, 0.25) is 0 Å². The molecule has 2 nitrogen and oxygen atoms in total. The highest BCUT2D eigenvalue weighted by molar-refractivity contribution is 5.72. The average Bonchev–Trinajstić information content (AvgIpc) is 2.43. The van der Waals surface area contributed by atoms with E-state index in [4.69, 9.17) is 5.11 Å². The molecular weight excluding hydrogens is 111 g/mol. The van der Waals surface area contributed by atoms with Gasteiger partial charge in [0.05, 0.1) is 0 Å². The van der Waals surface area contributed by atoms with E-state index in [0.29, 0.717) is 0 Å². The zero-order valence-corrected chi connectivity index (χ0v) is 4.30. The minimum Gasteiger partial charge on any atom is -0.479 e. The van der Waals surface area contributed by atoms with Crippen molar-refractivity contribution in [2.45, 2.75) is 19.0 Å². The summed E-state index contributed by atoms with van der Waals surface area (Å²) in [5, 5.41) is 8.02. The molecule has 0 unspecified atom stereocenters. The lowest BCUT2D eigenvalue weighted by atomic mass is 10.3. The zero-order chi connectivity index (χ0) is 6.15. The molecule has 0 spiro atoms. The Bertz CT molecular complexity index is 109. The van der Waals surface area contributed by atoms with Gasteiger partial charge in [0.1, 0.15) is 0 Å². The third-order valence-electron chi connectivity index (χ3n) is 1.27. The minimum absolute atomic E-state index is 0.174. The van der Waals surface area contributed by atoms with E-state index in [0.717, 1.165) is 12.8 Å². The summed E-state index contributed by atoms with van der Waals surface area (Å²) in [6.07, 6.45) is -0.115. The van der Waals surface area contributed by atoms with Crippen molar-refractivity contribution in [3.63, 3.8) is 0 Å². The Hall–Kier alpha value is -0.600. The molecule has 1 rings (SSSR count). The molecule has 0 aromatic carbocycles. The van der Waals surface area contributed by atoms with E-state index in [-0.39, 0.29) is 5.92 Å². The van der Waals surface area contributed by atoms with Gasteiger partial charge < -0.3 is 5.11 Å². The number of hydrogen-bond donors (Lipinski definition) is 1. The van der Waals surface area contributed by atoms with Crippen molar-refractivity contribution in [3.05, 3.63) is 0 Å². The Kier molecular flexibility index (Phi) is 1.19. The van der Waals surface area contributed by atoms with E-state index in [1.807, 2.05) is 0 Å². The molecule has 1 saturated carbocycles. The third kappa shape index (κ3) is 0.967. The molecule has 1 aliphatic carbocycles. The number of rotatable bonds is 2. The molecule has 8 heavy (non-hydrogen) atoms. The maximum absolute atomic E-state index is 12.1. The SMILES string of the molecule is O=C(O)[C@H](F)C1CC1. The van der Waals surface area contributed by atoms with Crippen LogP contribution in [0.4, 0.5) is 4.39 Å². The molecule has 3 heteroatoms. The van der Waals surface area contributed by atoms with Gasteiger partial charge in [-0.15, -0.1) is 0 Å². The summed E-state index contributed by atoms with van der Waals surface area (Å²) in [6, 6.07) is 0. The normalized spacial score (nSPS) is 22.6. The highest BCUT2D eigenvalue weighted by Crippen LogP contribution is 2.34. The van der Waals surface area contributed by atoms with Crippen molar-refractivity contribution >= 4 is 5.97 Å². The molecular formula is C5H7FO2. The summed E-state index contributed by atoms with van der Waals surface area (Å²) in [5.41, 5.74) is 0. The summed E-state index contributed by atoms with van der Waals surface area (Å²) in [4.78, 5) is 9.81. The number of halogens is 1. The molecule has 0 aromatic heterocycles.